The van der Waals surface area contributed by atoms with Gasteiger partial charge in [-0.3, -0.25) is 14.6 Å². The van der Waals surface area contributed by atoms with Crippen LogP contribution in [0.25, 0.3) is 0 Å². The lowest BCUT2D eigenvalue weighted by molar-refractivity contribution is 0.0947. The first-order valence-electron chi connectivity index (χ1n) is 9.41. The van der Waals surface area contributed by atoms with Gasteiger partial charge in [-0.2, -0.15) is 10.2 Å². The fourth-order valence-electron chi connectivity index (χ4n) is 2.55. The van der Waals surface area contributed by atoms with E-state index >= 15 is 0 Å². The minimum absolute atomic E-state index is 0.262. The summed E-state index contributed by atoms with van der Waals surface area (Å²) in [6.07, 6.45) is 4.15. The Morgan fingerprint density at radius 2 is 1.10 bits per heavy atom. The smallest absolute Gasteiger partial charge is 0.267 e. The second-order valence-corrected chi connectivity index (χ2v) is 6.27. The van der Waals surface area contributed by atoms with Crippen LogP contribution in [0.15, 0.2) is 89.1 Å². The Bertz CT molecular complexity index is 953. The van der Waals surface area contributed by atoms with Gasteiger partial charge in [0, 0.05) is 47.8 Å². The van der Waals surface area contributed by atoms with E-state index in [2.05, 4.69) is 26.0 Å². The highest BCUT2D eigenvalue weighted by atomic mass is 16.2. The van der Waals surface area contributed by atoms with Crippen molar-refractivity contribution in [1.29, 1.82) is 0 Å². The van der Waals surface area contributed by atoms with E-state index in [9.17, 15) is 9.59 Å². The Hall–Kier alpha value is -4.13. The van der Waals surface area contributed by atoms with Crippen molar-refractivity contribution in [2.24, 2.45) is 10.2 Å². The van der Waals surface area contributed by atoms with Crippen molar-refractivity contribution in [3.63, 3.8) is 0 Å². The number of hydrogen-bond donors (Lipinski definition) is 2. The van der Waals surface area contributed by atoms with E-state index in [1.165, 1.54) is 0 Å². The molecule has 0 fully saturated rings. The summed E-state index contributed by atoms with van der Waals surface area (Å²) in [5.41, 5.74) is 7.71. The van der Waals surface area contributed by atoms with Crippen LogP contribution in [0.3, 0.4) is 0 Å². The first kappa shape index (κ1) is 20.6. The third kappa shape index (κ3) is 6.49. The maximum Gasteiger partial charge on any atom is 0.271 e. The quantitative estimate of drug-likeness (QED) is 0.450. The van der Waals surface area contributed by atoms with Gasteiger partial charge in [-0.05, 0) is 36.4 Å². The Labute approximate surface area is 174 Å². The van der Waals surface area contributed by atoms with Crippen molar-refractivity contribution in [2.45, 2.75) is 12.8 Å². The van der Waals surface area contributed by atoms with Gasteiger partial charge in [0.1, 0.15) is 0 Å². The van der Waals surface area contributed by atoms with Crippen LogP contribution in [0.5, 0.6) is 0 Å². The standard InChI is InChI=1S/C23H21N5O2/c29-22(18-8-3-1-4-9-18)27-24-16-14-20-12-7-13-21(26-20)15-17-25-28-23(30)19-10-5-2-6-11-19/h1-13,16-17H,14-15H2,(H,27,29)(H,28,30)/b24-16+,25-17+. The van der Waals surface area contributed by atoms with Gasteiger partial charge in [0.2, 0.25) is 0 Å². The summed E-state index contributed by atoms with van der Waals surface area (Å²) in [7, 11) is 0. The van der Waals surface area contributed by atoms with Crippen molar-refractivity contribution >= 4 is 24.2 Å². The molecular weight excluding hydrogens is 378 g/mol. The molecule has 0 bridgehead atoms. The van der Waals surface area contributed by atoms with E-state index in [-0.39, 0.29) is 11.8 Å². The number of nitrogens with one attached hydrogen (secondary N) is 2. The van der Waals surface area contributed by atoms with Crippen LogP contribution in [0.4, 0.5) is 0 Å². The predicted molar refractivity (Wildman–Crippen MR) is 116 cm³/mol. The van der Waals surface area contributed by atoms with Crippen molar-refractivity contribution in [3.05, 3.63) is 101 Å². The molecule has 150 valence electrons. The first-order valence-corrected chi connectivity index (χ1v) is 9.41. The summed E-state index contributed by atoms with van der Waals surface area (Å²) in [5, 5.41) is 7.92. The fourth-order valence-corrected chi connectivity index (χ4v) is 2.55. The fraction of sp³-hybridized carbons (Fsp3) is 0.0870. The second kappa shape index (κ2) is 11.0. The SMILES string of the molecule is O=C(N/N=C/Cc1cccc(C/C=N/NC(=O)c2ccccc2)n1)c1ccccc1. The van der Waals surface area contributed by atoms with Crippen LogP contribution in [-0.4, -0.2) is 29.2 Å². The lowest BCUT2D eigenvalue weighted by atomic mass is 10.2. The van der Waals surface area contributed by atoms with Crippen molar-refractivity contribution in [2.75, 3.05) is 0 Å². The van der Waals surface area contributed by atoms with E-state index in [0.717, 1.165) is 11.4 Å². The summed E-state index contributed by atoms with van der Waals surface area (Å²) < 4.78 is 0. The molecule has 2 amide bonds. The number of carbonyl (C=O) groups is 2. The number of carbonyl (C=O) groups excluding carboxylic acids is 2. The molecule has 7 heteroatoms. The van der Waals surface area contributed by atoms with Crippen LogP contribution in [-0.2, 0) is 12.8 Å². The van der Waals surface area contributed by atoms with Crippen LogP contribution in [0, 0.1) is 0 Å². The average molecular weight is 399 g/mol. The third-order valence-electron chi connectivity index (χ3n) is 4.05. The van der Waals surface area contributed by atoms with Crippen molar-refractivity contribution in [1.82, 2.24) is 15.8 Å². The number of aromatic nitrogens is 1. The molecule has 0 spiro atoms. The molecule has 0 aliphatic heterocycles. The lowest BCUT2D eigenvalue weighted by Crippen LogP contribution is -2.17. The van der Waals surface area contributed by atoms with Gasteiger partial charge < -0.3 is 0 Å². The summed E-state index contributed by atoms with van der Waals surface area (Å²) in [6.45, 7) is 0. The van der Waals surface area contributed by atoms with Crippen LogP contribution in [0.2, 0.25) is 0 Å². The Morgan fingerprint density at radius 3 is 1.53 bits per heavy atom. The van der Waals surface area contributed by atoms with Crippen molar-refractivity contribution in [3.8, 4) is 0 Å². The van der Waals surface area contributed by atoms with E-state index in [1.807, 2.05) is 30.3 Å². The number of hydrazone groups is 2. The van der Waals surface area contributed by atoms with Gasteiger partial charge in [-0.15, -0.1) is 0 Å². The zero-order chi connectivity index (χ0) is 21.0. The van der Waals surface area contributed by atoms with Gasteiger partial charge in [-0.1, -0.05) is 42.5 Å². The highest BCUT2D eigenvalue weighted by Crippen LogP contribution is 2.01. The van der Waals surface area contributed by atoms with Crippen molar-refractivity contribution < 1.29 is 9.59 Å². The van der Waals surface area contributed by atoms with Gasteiger partial charge in [0.05, 0.1) is 0 Å². The summed E-state index contributed by atoms with van der Waals surface area (Å²) in [5.74, 6) is -0.523. The van der Waals surface area contributed by atoms with E-state index < -0.39 is 0 Å². The normalized spacial score (nSPS) is 10.9. The molecule has 2 aromatic carbocycles. The molecule has 0 radical (unpaired) electrons. The molecule has 3 aromatic rings. The average Bonchev–Trinajstić information content (AvgIpc) is 2.81. The number of benzene rings is 2. The Morgan fingerprint density at radius 1 is 0.667 bits per heavy atom. The number of amides is 2. The van der Waals surface area contributed by atoms with Crippen LogP contribution < -0.4 is 10.9 Å². The molecule has 3 rings (SSSR count). The minimum atomic E-state index is -0.262. The summed E-state index contributed by atoms with van der Waals surface area (Å²) >= 11 is 0. The topological polar surface area (TPSA) is 95.8 Å². The predicted octanol–water partition coefficient (Wildman–Crippen LogP) is 3.00. The maximum atomic E-state index is 11.9. The summed E-state index contributed by atoms with van der Waals surface area (Å²) in [6, 6.07) is 23.4. The highest BCUT2D eigenvalue weighted by Gasteiger charge is 2.03. The first-order chi connectivity index (χ1) is 14.7. The largest absolute Gasteiger partial charge is 0.271 e. The second-order valence-electron chi connectivity index (χ2n) is 6.27. The lowest BCUT2D eigenvalue weighted by Gasteiger charge is -2.01. The number of nitrogens with zero attached hydrogens (tertiary/aromatic N) is 3. The molecule has 30 heavy (non-hydrogen) atoms. The molecule has 0 saturated heterocycles. The highest BCUT2D eigenvalue weighted by molar-refractivity contribution is 5.94. The molecule has 0 aliphatic carbocycles. The van der Waals surface area contributed by atoms with Crippen LogP contribution >= 0.6 is 0 Å². The third-order valence-corrected chi connectivity index (χ3v) is 4.05. The Kier molecular flexibility index (Phi) is 7.56. The number of pyridine rings is 1. The van der Waals surface area contributed by atoms with E-state index in [4.69, 9.17) is 0 Å². The minimum Gasteiger partial charge on any atom is -0.267 e. The zero-order valence-electron chi connectivity index (χ0n) is 16.2. The molecule has 7 nitrogen and oxygen atoms in total. The van der Waals surface area contributed by atoms with Gasteiger partial charge in [-0.25, -0.2) is 10.9 Å². The zero-order valence-corrected chi connectivity index (χ0v) is 16.2. The molecule has 0 unspecified atom stereocenters. The molecule has 1 aromatic heterocycles. The molecule has 0 aliphatic rings. The number of rotatable bonds is 8. The van der Waals surface area contributed by atoms with E-state index in [0.29, 0.717) is 24.0 Å². The van der Waals surface area contributed by atoms with Crippen LogP contribution in [0.1, 0.15) is 32.1 Å². The van der Waals surface area contributed by atoms with Gasteiger partial charge >= 0.3 is 0 Å². The molecule has 0 saturated carbocycles. The molecule has 0 atom stereocenters. The number of hydrogen-bond acceptors (Lipinski definition) is 5. The molecular formula is C23H21N5O2. The molecule has 1 heterocycles. The monoisotopic (exact) mass is 399 g/mol. The summed E-state index contributed by atoms with van der Waals surface area (Å²) in [4.78, 5) is 28.3. The van der Waals surface area contributed by atoms with Gasteiger partial charge in [0.25, 0.3) is 11.8 Å². The Balaban J connectivity index is 1.45. The van der Waals surface area contributed by atoms with Gasteiger partial charge in [0.15, 0.2) is 0 Å². The molecule has 2 N–H and O–H groups in total. The van der Waals surface area contributed by atoms with E-state index in [1.54, 1.807) is 61.0 Å². The maximum absolute atomic E-state index is 11.9.